The van der Waals surface area contributed by atoms with Crippen LogP contribution in [0.2, 0.25) is 0 Å². The maximum absolute atomic E-state index is 12.4. The van der Waals surface area contributed by atoms with Crippen molar-refractivity contribution in [3.63, 3.8) is 0 Å². The lowest BCUT2D eigenvalue weighted by atomic mass is 10.2. The molecule has 1 aliphatic rings. The second-order valence-electron chi connectivity index (χ2n) is 6.42. The molecule has 2 heterocycles. The molecule has 0 saturated carbocycles. The van der Waals surface area contributed by atoms with Crippen molar-refractivity contribution in [2.24, 2.45) is 0 Å². The third-order valence-corrected chi connectivity index (χ3v) is 5.83. The highest BCUT2D eigenvalue weighted by atomic mass is 32.2. The molecule has 1 saturated heterocycles. The highest BCUT2D eigenvalue weighted by molar-refractivity contribution is 7.89. The largest absolute Gasteiger partial charge is 0.377 e. The first-order valence-electron chi connectivity index (χ1n) is 8.69. The molecule has 2 atom stereocenters. The van der Waals surface area contributed by atoms with Crippen LogP contribution in [0.1, 0.15) is 25.6 Å². The van der Waals surface area contributed by atoms with Gasteiger partial charge in [0.25, 0.3) is 5.89 Å². The summed E-state index contributed by atoms with van der Waals surface area (Å²) in [6.45, 7) is 3.01. The van der Waals surface area contributed by atoms with Crippen LogP contribution >= 0.6 is 0 Å². The van der Waals surface area contributed by atoms with Crippen LogP contribution in [0.4, 0.5) is 0 Å². The van der Waals surface area contributed by atoms with Crippen LogP contribution in [0.3, 0.4) is 0 Å². The van der Waals surface area contributed by atoms with Gasteiger partial charge in [0.15, 0.2) is 5.82 Å². The van der Waals surface area contributed by atoms with E-state index in [0.29, 0.717) is 36.9 Å². The number of nitrogens with one attached hydrogen (secondary N) is 2. The predicted octanol–water partition coefficient (Wildman–Crippen LogP) is 1.34. The van der Waals surface area contributed by atoms with Gasteiger partial charge in [-0.25, -0.2) is 13.1 Å². The molecule has 0 amide bonds. The Bertz CT molecular complexity index is 814. The zero-order chi connectivity index (χ0) is 18.6. The molecule has 2 N–H and O–H groups in total. The van der Waals surface area contributed by atoms with E-state index in [-0.39, 0.29) is 17.0 Å². The molecule has 2 aromatic rings. The Balaban J connectivity index is 1.65. The molecule has 1 aromatic carbocycles. The zero-order valence-corrected chi connectivity index (χ0v) is 15.8. The van der Waals surface area contributed by atoms with E-state index in [1.807, 2.05) is 14.0 Å². The first-order valence-corrected chi connectivity index (χ1v) is 10.2. The van der Waals surface area contributed by atoms with E-state index in [1.54, 1.807) is 12.1 Å². The second-order valence-corrected chi connectivity index (χ2v) is 8.19. The standard InChI is InChI=1S/C17H24N4O4S/c1-12(18-2)10-16-20-17(25-21-16)13-5-7-15(8-6-13)26(22,23)19-11-14-4-3-9-24-14/h5-8,12,14,18-19H,3-4,9-11H2,1-2H3. The molecule has 2 unspecified atom stereocenters. The Morgan fingerprint density at radius 3 is 2.73 bits per heavy atom. The van der Waals surface area contributed by atoms with Gasteiger partial charge in [0.2, 0.25) is 10.0 Å². The number of aromatic nitrogens is 2. The summed E-state index contributed by atoms with van der Waals surface area (Å²) in [6, 6.07) is 6.64. The smallest absolute Gasteiger partial charge is 0.257 e. The Kier molecular flexibility index (Phi) is 6.02. The number of sulfonamides is 1. The molecule has 1 aromatic heterocycles. The van der Waals surface area contributed by atoms with E-state index < -0.39 is 10.0 Å². The van der Waals surface area contributed by atoms with E-state index in [1.165, 1.54) is 12.1 Å². The van der Waals surface area contributed by atoms with Crippen molar-refractivity contribution in [3.8, 4) is 11.5 Å². The topological polar surface area (TPSA) is 106 Å². The average molecular weight is 380 g/mol. The fourth-order valence-electron chi connectivity index (χ4n) is 2.70. The van der Waals surface area contributed by atoms with E-state index in [2.05, 4.69) is 20.2 Å². The summed E-state index contributed by atoms with van der Waals surface area (Å²) in [5.41, 5.74) is 0.680. The van der Waals surface area contributed by atoms with E-state index in [9.17, 15) is 8.42 Å². The van der Waals surface area contributed by atoms with Gasteiger partial charge in [0.1, 0.15) is 0 Å². The fraction of sp³-hybridized carbons (Fsp3) is 0.529. The molecule has 0 spiro atoms. The van der Waals surface area contributed by atoms with Gasteiger partial charge < -0.3 is 14.6 Å². The number of hydrogen-bond acceptors (Lipinski definition) is 7. The maximum atomic E-state index is 12.4. The summed E-state index contributed by atoms with van der Waals surface area (Å²) in [6.07, 6.45) is 2.47. The summed E-state index contributed by atoms with van der Waals surface area (Å²) in [7, 11) is -1.69. The van der Waals surface area contributed by atoms with Gasteiger partial charge in [0, 0.05) is 31.2 Å². The van der Waals surface area contributed by atoms with E-state index in [0.717, 1.165) is 12.8 Å². The van der Waals surface area contributed by atoms with Gasteiger partial charge in [-0.05, 0) is 51.1 Å². The number of hydrogen-bond donors (Lipinski definition) is 2. The molecule has 1 fully saturated rings. The molecule has 0 aliphatic carbocycles. The molecule has 142 valence electrons. The SMILES string of the molecule is CNC(C)Cc1noc(-c2ccc(S(=O)(=O)NCC3CCCO3)cc2)n1. The summed E-state index contributed by atoms with van der Waals surface area (Å²) in [4.78, 5) is 4.55. The molecular formula is C17H24N4O4S. The van der Waals surface area contributed by atoms with Gasteiger partial charge >= 0.3 is 0 Å². The number of rotatable bonds is 8. The molecule has 8 nitrogen and oxygen atoms in total. The van der Waals surface area contributed by atoms with Crippen LogP contribution in [0, 0.1) is 0 Å². The number of ether oxygens (including phenoxy) is 1. The highest BCUT2D eigenvalue weighted by Crippen LogP contribution is 2.20. The second kappa shape index (κ2) is 8.26. The van der Waals surface area contributed by atoms with Crippen LogP contribution in [0.15, 0.2) is 33.7 Å². The monoisotopic (exact) mass is 380 g/mol. The quantitative estimate of drug-likeness (QED) is 0.712. The fourth-order valence-corrected chi connectivity index (χ4v) is 3.76. The van der Waals surface area contributed by atoms with Crippen molar-refractivity contribution < 1.29 is 17.7 Å². The first kappa shape index (κ1) is 19.0. The van der Waals surface area contributed by atoms with Crippen molar-refractivity contribution in [2.75, 3.05) is 20.2 Å². The van der Waals surface area contributed by atoms with Crippen LogP contribution < -0.4 is 10.0 Å². The van der Waals surface area contributed by atoms with Crippen LogP contribution in [-0.2, 0) is 21.2 Å². The predicted molar refractivity (Wildman–Crippen MR) is 96.1 cm³/mol. The minimum absolute atomic E-state index is 0.0409. The van der Waals surface area contributed by atoms with Crippen LogP contribution in [0.5, 0.6) is 0 Å². The Morgan fingerprint density at radius 1 is 1.31 bits per heavy atom. The normalized spacial score (nSPS) is 18.9. The molecule has 1 aliphatic heterocycles. The summed E-state index contributed by atoms with van der Waals surface area (Å²) < 4.78 is 38.0. The van der Waals surface area contributed by atoms with Gasteiger partial charge in [0.05, 0.1) is 11.0 Å². The van der Waals surface area contributed by atoms with E-state index in [4.69, 9.17) is 9.26 Å². The van der Waals surface area contributed by atoms with Crippen molar-refractivity contribution in [1.82, 2.24) is 20.2 Å². The first-order chi connectivity index (χ1) is 12.5. The molecule has 0 radical (unpaired) electrons. The van der Waals surface area contributed by atoms with Gasteiger partial charge in [-0.15, -0.1) is 0 Å². The van der Waals surface area contributed by atoms with Gasteiger partial charge in [-0.2, -0.15) is 4.98 Å². The molecule has 0 bridgehead atoms. The molecule has 3 rings (SSSR count). The van der Waals surface area contributed by atoms with Crippen molar-refractivity contribution in [1.29, 1.82) is 0 Å². The maximum Gasteiger partial charge on any atom is 0.257 e. The number of likely N-dealkylation sites (N-methyl/N-ethyl adjacent to an activating group) is 1. The minimum Gasteiger partial charge on any atom is -0.377 e. The van der Waals surface area contributed by atoms with Crippen molar-refractivity contribution in [2.45, 2.75) is 43.2 Å². The van der Waals surface area contributed by atoms with Crippen LogP contribution in [-0.4, -0.2) is 50.9 Å². The zero-order valence-electron chi connectivity index (χ0n) is 14.9. The van der Waals surface area contributed by atoms with Crippen molar-refractivity contribution in [3.05, 3.63) is 30.1 Å². The van der Waals surface area contributed by atoms with Crippen molar-refractivity contribution >= 4 is 10.0 Å². The average Bonchev–Trinajstić information content (AvgIpc) is 3.32. The Hall–Kier alpha value is -1.81. The summed E-state index contributed by atoms with van der Waals surface area (Å²) >= 11 is 0. The molecule has 26 heavy (non-hydrogen) atoms. The lowest BCUT2D eigenvalue weighted by Crippen LogP contribution is -2.31. The molecular weight excluding hydrogens is 356 g/mol. The molecule has 9 heteroatoms. The minimum atomic E-state index is -3.57. The number of nitrogens with zero attached hydrogens (tertiary/aromatic N) is 2. The lowest BCUT2D eigenvalue weighted by Gasteiger charge is -2.11. The number of benzene rings is 1. The van der Waals surface area contributed by atoms with E-state index >= 15 is 0 Å². The van der Waals surface area contributed by atoms with Gasteiger partial charge in [-0.1, -0.05) is 5.16 Å². The third kappa shape index (κ3) is 4.67. The third-order valence-electron chi connectivity index (χ3n) is 4.39. The van der Waals surface area contributed by atoms with Gasteiger partial charge in [-0.3, -0.25) is 0 Å². The highest BCUT2D eigenvalue weighted by Gasteiger charge is 2.20. The summed E-state index contributed by atoms with van der Waals surface area (Å²) in [5.74, 6) is 0.983. The Labute approximate surface area is 153 Å². The Morgan fingerprint density at radius 2 is 2.08 bits per heavy atom. The van der Waals surface area contributed by atoms with Crippen LogP contribution in [0.25, 0.3) is 11.5 Å². The summed E-state index contributed by atoms with van der Waals surface area (Å²) in [5, 5.41) is 7.07. The lowest BCUT2D eigenvalue weighted by molar-refractivity contribution is 0.114.